The Labute approximate surface area is 73.8 Å². The molecule has 0 spiro atoms. The molecule has 0 fully saturated rings. The molecule has 12 heavy (non-hydrogen) atoms. The first kappa shape index (κ1) is 9.15. The van der Waals surface area contributed by atoms with Crippen molar-refractivity contribution < 1.29 is 14.6 Å². The molecule has 1 aromatic heterocycles. The quantitative estimate of drug-likeness (QED) is 0.761. The molecule has 0 aromatic carbocycles. The number of aromatic nitrogens is 1. The largest absolute Gasteiger partial charge is 0.481 e. The zero-order valence-corrected chi connectivity index (χ0v) is 7.43. The Hall–Kier alpha value is -0.940. The topological polar surface area (TPSA) is 59.4 Å². The Morgan fingerprint density at radius 1 is 1.83 bits per heavy atom. The number of carbonyl (C=O) groups is 1. The molecule has 5 heteroatoms. The van der Waals surface area contributed by atoms with Gasteiger partial charge in [0.15, 0.2) is 0 Å². The zero-order chi connectivity index (χ0) is 8.97. The van der Waals surface area contributed by atoms with Gasteiger partial charge in [-0.1, -0.05) is 0 Å². The number of hydrogen-bond acceptors (Lipinski definition) is 4. The van der Waals surface area contributed by atoms with Gasteiger partial charge in [-0.15, -0.1) is 11.3 Å². The number of methoxy groups -OCH3 is 1. The molecule has 0 aliphatic rings. The third-order valence-electron chi connectivity index (χ3n) is 1.20. The molecular formula is C7H9NO3S. The molecule has 0 amide bonds. The van der Waals surface area contributed by atoms with Crippen molar-refractivity contribution in [1.29, 1.82) is 0 Å². The Kier molecular flexibility index (Phi) is 3.19. The average molecular weight is 187 g/mol. The van der Waals surface area contributed by atoms with Gasteiger partial charge in [0, 0.05) is 12.5 Å². The molecule has 1 heterocycles. The van der Waals surface area contributed by atoms with E-state index in [4.69, 9.17) is 9.84 Å². The highest BCUT2D eigenvalue weighted by molar-refractivity contribution is 7.09. The minimum absolute atomic E-state index is 0.0137. The first-order valence-corrected chi connectivity index (χ1v) is 4.24. The fourth-order valence-electron chi connectivity index (χ4n) is 0.775. The van der Waals surface area contributed by atoms with Gasteiger partial charge in [-0.05, 0) is 0 Å². The molecule has 0 aliphatic carbocycles. The van der Waals surface area contributed by atoms with Gasteiger partial charge in [-0.25, -0.2) is 4.98 Å². The van der Waals surface area contributed by atoms with Crippen LogP contribution in [0.25, 0.3) is 0 Å². The summed E-state index contributed by atoms with van der Waals surface area (Å²) in [7, 11) is 1.58. The van der Waals surface area contributed by atoms with E-state index in [1.165, 1.54) is 11.3 Å². The second kappa shape index (κ2) is 4.18. The molecule has 0 saturated heterocycles. The Morgan fingerprint density at radius 3 is 3.17 bits per heavy atom. The second-order valence-corrected chi connectivity index (χ2v) is 3.18. The summed E-state index contributed by atoms with van der Waals surface area (Å²) in [6.45, 7) is 0.449. The van der Waals surface area contributed by atoms with E-state index in [0.29, 0.717) is 12.3 Å². The third kappa shape index (κ3) is 2.60. The first-order chi connectivity index (χ1) is 5.72. The monoisotopic (exact) mass is 187 g/mol. The van der Waals surface area contributed by atoms with Gasteiger partial charge in [-0.3, -0.25) is 4.79 Å². The predicted octanol–water partition coefficient (Wildman–Crippen LogP) is 0.917. The van der Waals surface area contributed by atoms with E-state index >= 15 is 0 Å². The molecule has 0 saturated carbocycles. The van der Waals surface area contributed by atoms with E-state index in [1.807, 2.05) is 0 Å². The SMILES string of the molecule is COCc1nc(CC(=O)O)cs1. The molecule has 1 aromatic rings. The molecule has 0 radical (unpaired) electrons. The molecule has 0 unspecified atom stereocenters. The van der Waals surface area contributed by atoms with Crippen molar-refractivity contribution >= 4 is 17.3 Å². The number of nitrogens with zero attached hydrogens (tertiary/aromatic N) is 1. The zero-order valence-electron chi connectivity index (χ0n) is 6.61. The summed E-state index contributed by atoms with van der Waals surface area (Å²) in [5, 5.41) is 11.0. The van der Waals surface area contributed by atoms with E-state index in [0.717, 1.165) is 5.01 Å². The van der Waals surface area contributed by atoms with Gasteiger partial charge < -0.3 is 9.84 Å². The number of carboxylic acids is 1. The molecule has 1 rings (SSSR count). The van der Waals surface area contributed by atoms with Crippen LogP contribution < -0.4 is 0 Å². The lowest BCUT2D eigenvalue weighted by Crippen LogP contribution is -2.00. The molecule has 0 atom stereocenters. The standard InChI is InChI=1S/C7H9NO3S/c1-11-3-6-8-5(4-12-6)2-7(9)10/h4H,2-3H2,1H3,(H,9,10). The van der Waals surface area contributed by atoms with Gasteiger partial charge in [0.2, 0.25) is 0 Å². The smallest absolute Gasteiger partial charge is 0.309 e. The van der Waals surface area contributed by atoms with Crippen molar-refractivity contribution in [2.45, 2.75) is 13.0 Å². The molecule has 0 bridgehead atoms. The average Bonchev–Trinajstić information content (AvgIpc) is 2.36. The van der Waals surface area contributed by atoms with Crippen molar-refractivity contribution in [2.24, 2.45) is 0 Å². The normalized spacial score (nSPS) is 10.1. The van der Waals surface area contributed by atoms with Crippen molar-refractivity contribution in [1.82, 2.24) is 4.98 Å². The van der Waals surface area contributed by atoms with Crippen molar-refractivity contribution in [3.8, 4) is 0 Å². The Morgan fingerprint density at radius 2 is 2.58 bits per heavy atom. The van der Waals surface area contributed by atoms with Crippen molar-refractivity contribution in [2.75, 3.05) is 7.11 Å². The van der Waals surface area contributed by atoms with E-state index in [9.17, 15) is 4.79 Å². The first-order valence-electron chi connectivity index (χ1n) is 3.36. The fraction of sp³-hybridized carbons (Fsp3) is 0.429. The number of ether oxygens (including phenoxy) is 1. The summed E-state index contributed by atoms with van der Waals surface area (Å²) < 4.78 is 4.85. The lowest BCUT2D eigenvalue weighted by Gasteiger charge is -1.90. The van der Waals surface area contributed by atoms with Crippen LogP contribution in [0.15, 0.2) is 5.38 Å². The molecular weight excluding hydrogens is 178 g/mol. The molecule has 0 aliphatic heterocycles. The van der Waals surface area contributed by atoms with Gasteiger partial charge in [0.1, 0.15) is 5.01 Å². The fourth-order valence-corrected chi connectivity index (χ4v) is 1.54. The minimum atomic E-state index is -0.857. The van der Waals surface area contributed by atoms with Crippen LogP contribution >= 0.6 is 11.3 Å². The van der Waals surface area contributed by atoms with Crippen LogP contribution in [0.5, 0.6) is 0 Å². The molecule has 1 N–H and O–H groups in total. The minimum Gasteiger partial charge on any atom is -0.481 e. The van der Waals surface area contributed by atoms with Crippen molar-refractivity contribution in [3.05, 3.63) is 16.1 Å². The summed E-state index contributed by atoms with van der Waals surface area (Å²) in [5.41, 5.74) is 0.597. The Bertz CT molecular complexity index is 271. The highest BCUT2D eigenvalue weighted by atomic mass is 32.1. The summed E-state index contributed by atoms with van der Waals surface area (Å²) >= 11 is 1.42. The van der Waals surface area contributed by atoms with Crippen molar-refractivity contribution in [3.63, 3.8) is 0 Å². The van der Waals surface area contributed by atoms with Crippen LogP contribution in [0.3, 0.4) is 0 Å². The summed E-state index contributed by atoms with van der Waals surface area (Å²) in [6, 6.07) is 0. The number of aliphatic carboxylic acids is 1. The van der Waals surface area contributed by atoms with Crippen LogP contribution in [-0.4, -0.2) is 23.2 Å². The summed E-state index contributed by atoms with van der Waals surface area (Å²) in [6.07, 6.45) is -0.0137. The number of hydrogen-bond donors (Lipinski definition) is 1. The highest BCUT2D eigenvalue weighted by Gasteiger charge is 2.05. The van der Waals surface area contributed by atoms with Gasteiger partial charge >= 0.3 is 5.97 Å². The van der Waals surface area contributed by atoms with Gasteiger partial charge in [0.25, 0.3) is 0 Å². The van der Waals surface area contributed by atoms with Gasteiger partial charge in [0.05, 0.1) is 18.7 Å². The number of rotatable bonds is 4. The van der Waals surface area contributed by atoms with E-state index in [2.05, 4.69) is 4.98 Å². The summed E-state index contributed by atoms with van der Waals surface area (Å²) in [5.74, 6) is -0.857. The maximum Gasteiger partial charge on any atom is 0.309 e. The predicted molar refractivity (Wildman–Crippen MR) is 44.2 cm³/mol. The van der Waals surface area contributed by atoms with Crippen LogP contribution in [0.2, 0.25) is 0 Å². The lowest BCUT2D eigenvalue weighted by molar-refractivity contribution is -0.136. The van der Waals surface area contributed by atoms with Crippen LogP contribution in [0.4, 0.5) is 0 Å². The highest BCUT2D eigenvalue weighted by Crippen LogP contribution is 2.10. The maximum atomic E-state index is 10.3. The van der Waals surface area contributed by atoms with Crippen LogP contribution in [0.1, 0.15) is 10.7 Å². The van der Waals surface area contributed by atoms with Crippen LogP contribution in [-0.2, 0) is 22.6 Å². The van der Waals surface area contributed by atoms with E-state index < -0.39 is 5.97 Å². The van der Waals surface area contributed by atoms with E-state index in [1.54, 1.807) is 12.5 Å². The number of carboxylic acid groups (broad SMARTS) is 1. The summed E-state index contributed by atoms with van der Waals surface area (Å²) in [4.78, 5) is 14.3. The van der Waals surface area contributed by atoms with Gasteiger partial charge in [-0.2, -0.15) is 0 Å². The molecule has 4 nitrogen and oxygen atoms in total. The second-order valence-electron chi connectivity index (χ2n) is 2.24. The Balaban J connectivity index is 2.58. The maximum absolute atomic E-state index is 10.3. The molecule has 66 valence electrons. The van der Waals surface area contributed by atoms with E-state index in [-0.39, 0.29) is 6.42 Å². The van der Waals surface area contributed by atoms with Crippen LogP contribution in [0, 0.1) is 0 Å². The number of thiazole rings is 1. The lowest BCUT2D eigenvalue weighted by atomic mass is 10.3. The third-order valence-corrected chi connectivity index (χ3v) is 2.07.